The molecule has 2 N–H and O–H groups in total. The second-order valence-electron chi connectivity index (χ2n) is 7.76. The zero-order valence-corrected chi connectivity index (χ0v) is 18.1. The summed E-state index contributed by atoms with van der Waals surface area (Å²) in [5.41, 5.74) is 6.54. The summed E-state index contributed by atoms with van der Waals surface area (Å²) in [7, 11) is 3.49. The maximum absolute atomic E-state index is 13.4. The number of nitrogens with two attached hydrogens (primary N) is 1. The van der Waals surface area contributed by atoms with Gasteiger partial charge in [-0.3, -0.25) is 13.9 Å². The van der Waals surface area contributed by atoms with Gasteiger partial charge in [0.2, 0.25) is 5.95 Å². The molecule has 10 heteroatoms. The van der Waals surface area contributed by atoms with Gasteiger partial charge in [0.25, 0.3) is 5.56 Å². The van der Waals surface area contributed by atoms with Gasteiger partial charge in [-0.15, -0.1) is 0 Å². The Kier molecular flexibility index (Phi) is 5.32. The molecule has 31 heavy (non-hydrogen) atoms. The molecule has 3 aromatic heterocycles. The van der Waals surface area contributed by atoms with Crippen molar-refractivity contribution in [2.45, 2.75) is 33.0 Å². The first kappa shape index (κ1) is 20.7. The van der Waals surface area contributed by atoms with E-state index in [1.807, 2.05) is 54.6 Å². The van der Waals surface area contributed by atoms with E-state index in [1.54, 1.807) is 13.2 Å². The van der Waals surface area contributed by atoms with Crippen LogP contribution in [-0.2, 0) is 20.1 Å². The van der Waals surface area contributed by atoms with Crippen LogP contribution in [0.2, 0.25) is 0 Å². The first-order chi connectivity index (χ1) is 14.8. The van der Waals surface area contributed by atoms with Crippen LogP contribution in [0.1, 0.15) is 19.7 Å². The van der Waals surface area contributed by atoms with Gasteiger partial charge in [0.15, 0.2) is 11.2 Å². The topological polar surface area (TPSA) is 117 Å². The van der Waals surface area contributed by atoms with E-state index in [-0.39, 0.29) is 12.6 Å². The maximum Gasteiger partial charge on any atom is 0.332 e. The molecule has 0 amide bonds. The molecule has 0 saturated heterocycles. The summed E-state index contributed by atoms with van der Waals surface area (Å²) >= 11 is 0. The molecule has 162 valence electrons. The second-order valence-corrected chi connectivity index (χ2v) is 7.76. The van der Waals surface area contributed by atoms with E-state index in [2.05, 4.69) is 15.0 Å². The van der Waals surface area contributed by atoms with Crippen molar-refractivity contribution in [2.24, 2.45) is 12.8 Å². The molecule has 0 radical (unpaired) electrons. The summed E-state index contributed by atoms with van der Waals surface area (Å²) in [4.78, 5) is 41.8. The fourth-order valence-electron chi connectivity index (χ4n) is 3.83. The van der Waals surface area contributed by atoms with E-state index in [4.69, 9.17) is 5.73 Å². The fraction of sp³-hybridized carbons (Fsp3) is 0.381. The van der Waals surface area contributed by atoms with E-state index >= 15 is 0 Å². The van der Waals surface area contributed by atoms with E-state index in [0.29, 0.717) is 36.0 Å². The number of likely N-dealkylation sites (N-methyl/N-ethyl adjacent to an activating group) is 1. The highest BCUT2D eigenvalue weighted by Crippen LogP contribution is 2.19. The molecule has 1 aromatic carbocycles. The molecule has 0 aliphatic heterocycles. The molecule has 4 rings (SSSR count). The molecule has 3 heterocycles. The number of imidazole rings is 1. The van der Waals surface area contributed by atoms with E-state index in [0.717, 1.165) is 15.5 Å². The molecular weight excluding hydrogens is 396 g/mol. The number of anilines is 1. The Morgan fingerprint density at radius 3 is 2.61 bits per heavy atom. The van der Waals surface area contributed by atoms with Crippen molar-refractivity contribution in [1.29, 1.82) is 0 Å². The van der Waals surface area contributed by atoms with Gasteiger partial charge in [0.05, 0.1) is 12.1 Å². The first-order valence-corrected chi connectivity index (χ1v) is 10.2. The highest BCUT2D eigenvalue weighted by Gasteiger charge is 2.22. The summed E-state index contributed by atoms with van der Waals surface area (Å²) in [6.45, 7) is 4.91. The highest BCUT2D eigenvalue weighted by molar-refractivity contribution is 5.77. The van der Waals surface area contributed by atoms with Crippen LogP contribution in [0.15, 0.2) is 40.1 Å². The number of benzene rings is 1. The predicted octanol–water partition coefficient (Wildman–Crippen LogP) is 0.692. The third-order valence-electron chi connectivity index (χ3n) is 5.27. The molecule has 0 saturated carbocycles. The van der Waals surface area contributed by atoms with Crippen LogP contribution in [0, 0.1) is 0 Å². The summed E-state index contributed by atoms with van der Waals surface area (Å²) in [5.74, 6) is 0.996. The van der Waals surface area contributed by atoms with Crippen LogP contribution in [-0.4, -0.2) is 48.3 Å². The van der Waals surface area contributed by atoms with Crippen LogP contribution in [0.3, 0.4) is 0 Å². The zero-order chi connectivity index (χ0) is 22.3. The Balaban J connectivity index is 1.88. The standard InChI is InChI=1S/C21H26N8O2/c1-5-28-17-18(25-20(28)26(3)11-13(2)22)27(4)21(31)29(19(17)30)12-16-23-10-14-8-6-7-9-15(14)24-16/h6-10,13H,5,11-12,22H2,1-4H3. The van der Waals surface area contributed by atoms with Crippen molar-refractivity contribution in [3.05, 3.63) is 57.1 Å². The lowest BCUT2D eigenvalue weighted by molar-refractivity contribution is 0.632. The number of aromatic nitrogens is 6. The number of para-hydroxylation sites is 1. The molecule has 4 aromatic rings. The van der Waals surface area contributed by atoms with Crippen molar-refractivity contribution < 1.29 is 0 Å². The van der Waals surface area contributed by atoms with Crippen molar-refractivity contribution in [3.8, 4) is 0 Å². The summed E-state index contributed by atoms with van der Waals surface area (Å²) in [5, 5.41) is 0.896. The zero-order valence-electron chi connectivity index (χ0n) is 18.1. The number of hydrogen-bond acceptors (Lipinski definition) is 7. The quantitative estimate of drug-likeness (QED) is 0.486. The third-order valence-corrected chi connectivity index (χ3v) is 5.27. The highest BCUT2D eigenvalue weighted by atomic mass is 16.2. The van der Waals surface area contributed by atoms with Gasteiger partial charge < -0.3 is 15.2 Å². The van der Waals surface area contributed by atoms with Gasteiger partial charge in [0, 0.05) is 44.8 Å². The third kappa shape index (κ3) is 3.59. The Bertz CT molecular complexity index is 1380. The number of rotatable bonds is 6. The van der Waals surface area contributed by atoms with Crippen molar-refractivity contribution in [3.63, 3.8) is 0 Å². The van der Waals surface area contributed by atoms with Crippen LogP contribution in [0.25, 0.3) is 22.1 Å². The fourth-order valence-corrected chi connectivity index (χ4v) is 3.83. The average Bonchev–Trinajstić information content (AvgIpc) is 3.15. The van der Waals surface area contributed by atoms with Crippen molar-refractivity contribution in [1.82, 2.24) is 28.7 Å². The lowest BCUT2D eigenvalue weighted by Crippen LogP contribution is -2.40. The minimum absolute atomic E-state index is 0.0216. The van der Waals surface area contributed by atoms with E-state index in [9.17, 15) is 9.59 Å². The Morgan fingerprint density at radius 1 is 1.16 bits per heavy atom. The number of hydrogen-bond donors (Lipinski definition) is 1. The summed E-state index contributed by atoms with van der Waals surface area (Å²) in [6, 6.07) is 7.51. The maximum atomic E-state index is 13.4. The van der Waals surface area contributed by atoms with Gasteiger partial charge in [-0.1, -0.05) is 18.2 Å². The van der Waals surface area contributed by atoms with Crippen molar-refractivity contribution in [2.75, 3.05) is 18.5 Å². The molecule has 0 bridgehead atoms. The summed E-state index contributed by atoms with van der Waals surface area (Å²) in [6.07, 6.45) is 1.70. The van der Waals surface area contributed by atoms with Gasteiger partial charge in [-0.05, 0) is 19.9 Å². The smallest absolute Gasteiger partial charge is 0.332 e. The Hall–Kier alpha value is -3.53. The number of fused-ring (bicyclic) bond motifs is 2. The average molecular weight is 422 g/mol. The van der Waals surface area contributed by atoms with Crippen LogP contribution in [0.4, 0.5) is 5.95 Å². The van der Waals surface area contributed by atoms with Gasteiger partial charge in [0.1, 0.15) is 5.82 Å². The Morgan fingerprint density at radius 2 is 1.90 bits per heavy atom. The van der Waals surface area contributed by atoms with Gasteiger partial charge >= 0.3 is 5.69 Å². The van der Waals surface area contributed by atoms with Crippen LogP contribution in [0.5, 0.6) is 0 Å². The largest absolute Gasteiger partial charge is 0.344 e. The Labute approximate surface area is 178 Å². The van der Waals surface area contributed by atoms with Gasteiger partial charge in [-0.25, -0.2) is 14.8 Å². The van der Waals surface area contributed by atoms with Crippen LogP contribution < -0.4 is 21.9 Å². The van der Waals surface area contributed by atoms with E-state index < -0.39 is 11.2 Å². The minimum atomic E-state index is -0.462. The van der Waals surface area contributed by atoms with Gasteiger partial charge in [-0.2, -0.15) is 4.98 Å². The molecule has 1 atom stereocenters. The number of aryl methyl sites for hydroxylation is 2. The molecular formula is C21H26N8O2. The normalized spacial score (nSPS) is 12.5. The monoisotopic (exact) mass is 422 g/mol. The lowest BCUT2D eigenvalue weighted by atomic mass is 10.2. The molecule has 10 nitrogen and oxygen atoms in total. The molecule has 0 aliphatic rings. The van der Waals surface area contributed by atoms with E-state index in [1.165, 1.54) is 4.57 Å². The molecule has 0 aliphatic carbocycles. The predicted molar refractivity (Wildman–Crippen MR) is 120 cm³/mol. The molecule has 1 unspecified atom stereocenters. The SMILES string of the molecule is CCn1c(N(C)CC(C)N)nc2c1c(=O)n(Cc1ncc3ccccc3n1)c(=O)n2C. The molecule has 0 spiro atoms. The number of nitrogens with zero attached hydrogens (tertiary/aromatic N) is 7. The second kappa shape index (κ2) is 7.95. The first-order valence-electron chi connectivity index (χ1n) is 10.2. The summed E-state index contributed by atoms with van der Waals surface area (Å²) < 4.78 is 4.38. The van der Waals surface area contributed by atoms with Crippen molar-refractivity contribution >= 4 is 28.0 Å². The van der Waals surface area contributed by atoms with Crippen LogP contribution >= 0.6 is 0 Å². The lowest BCUT2D eigenvalue weighted by Gasteiger charge is -2.20. The molecule has 0 fully saturated rings. The minimum Gasteiger partial charge on any atom is -0.344 e.